The molecule has 2 aromatic rings. The second-order valence-electron chi connectivity index (χ2n) is 5.63. The van der Waals surface area contributed by atoms with Gasteiger partial charge in [-0.25, -0.2) is 5.01 Å². The van der Waals surface area contributed by atoms with Crippen molar-refractivity contribution in [2.75, 3.05) is 5.01 Å². The van der Waals surface area contributed by atoms with Gasteiger partial charge >= 0.3 is 6.18 Å². The molecule has 1 N–H and O–H groups in total. The first-order chi connectivity index (χ1) is 12.1. The molecular formula is C16H11ClF3N3O3. The van der Waals surface area contributed by atoms with Gasteiger partial charge in [0.15, 0.2) is 0 Å². The first kappa shape index (κ1) is 18.2. The highest BCUT2D eigenvalue weighted by molar-refractivity contribution is 6.30. The molecule has 0 aromatic heterocycles. The van der Waals surface area contributed by atoms with Gasteiger partial charge in [0.2, 0.25) is 0 Å². The van der Waals surface area contributed by atoms with E-state index >= 15 is 0 Å². The van der Waals surface area contributed by atoms with Crippen LogP contribution in [0.3, 0.4) is 0 Å². The highest BCUT2D eigenvalue weighted by Crippen LogP contribution is 2.43. The Morgan fingerprint density at radius 1 is 1.15 bits per heavy atom. The second kappa shape index (κ2) is 6.26. The number of halogens is 4. The van der Waals surface area contributed by atoms with E-state index in [2.05, 4.69) is 5.10 Å². The highest BCUT2D eigenvalue weighted by atomic mass is 35.5. The zero-order chi connectivity index (χ0) is 19.1. The third-order valence-electron chi connectivity index (χ3n) is 3.92. The molecule has 1 aliphatic heterocycles. The molecule has 0 spiro atoms. The summed E-state index contributed by atoms with van der Waals surface area (Å²) in [6.45, 7) is 0. The Morgan fingerprint density at radius 3 is 2.23 bits per heavy atom. The SMILES string of the molecule is O=[N+]([O-])c1ccc(N2N=C(c3ccc(Cl)cc3)CC2(O)C(F)(F)F)cc1. The summed E-state index contributed by atoms with van der Waals surface area (Å²) in [7, 11) is 0. The third-order valence-corrected chi connectivity index (χ3v) is 4.17. The van der Waals surface area contributed by atoms with Crippen LogP contribution in [0.5, 0.6) is 0 Å². The van der Waals surface area contributed by atoms with Crippen LogP contribution in [-0.2, 0) is 0 Å². The molecule has 1 aliphatic rings. The Hall–Kier alpha value is -2.65. The molecule has 2 aromatic carbocycles. The van der Waals surface area contributed by atoms with Gasteiger partial charge < -0.3 is 5.11 Å². The summed E-state index contributed by atoms with van der Waals surface area (Å²) in [4.78, 5) is 10.0. The summed E-state index contributed by atoms with van der Waals surface area (Å²) >= 11 is 5.78. The molecule has 1 unspecified atom stereocenters. The van der Waals surface area contributed by atoms with Crippen molar-refractivity contribution in [1.82, 2.24) is 0 Å². The lowest BCUT2D eigenvalue weighted by Crippen LogP contribution is -2.55. The highest BCUT2D eigenvalue weighted by Gasteiger charge is 2.62. The van der Waals surface area contributed by atoms with Gasteiger partial charge in [-0.1, -0.05) is 23.7 Å². The largest absolute Gasteiger partial charge is 0.438 e. The number of anilines is 1. The van der Waals surface area contributed by atoms with E-state index in [0.29, 0.717) is 15.6 Å². The smallest absolute Gasteiger partial charge is 0.362 e. The van der Waals surface area contributed by atoms with Crippen molar-refractivity contribution < 1.29 is 23.2 Å². The van der Waals surface area contributed by atoms with Crippen molar-refractivity contribution in [3.63, 3.8) is 0 Å². The molecule has 0 amide bonds. The van der Waals surface area contributed by atoms with Crippen molar-refractivity contribution in [1.29, 1.82) is 0 Å². The van der Waals surface area contributed by atoms with E-state index < -0.39 is 23.2 Å². The van der Waals surface area contributed by atoms with E-state index in [9.17, 15) is 28.4 Å². The fourth-order valence-electron chi connectivity index (χ4n) is 2.56. The van der Waals surface area contributed by atoms with Gasteiger partial charge in [-0.05, 0) is 29.8 Å². The molecule has 0 bridgehead atoms. The summed E-state index contributed by atoms with van der Waals surface area (Å²) < 4.78 is 40.6. The number of nitro groups is 1. The van der Waals surface area contributed by atoms with Crippen LogP contribution in [0, 0.1) is 10.1 Å². The number of nitrogens with zero attached hydrogens (tertiary/aromatic N) is 3. The molecule has 0 fully saturated rings. The molecule has 0 radical (unpaired) electrons. The predicted octanol–water partition coefficient (Wildman–Crippen LogP) is 4.11. The van der Waals surface area contributed by atoms with Crippen LogP contribution in [0.25, 0.3) is 0 Å². The van der Waals surface area contributed by atoms with Crippen LogP contribution in [0.15, 0.2) is 53.6 Å². The van der Waals surface area contributed by atoms with Crippen LogP contribution in [-0.4, -0.2) is 27.6 Å². The summed E-state index contributed by atoms with van der Waals surface area (Å²) in [5.74, 6) is 0. The van der Waals surface area contributed by atoms with Crippen LogP contribution >= 0.6 is 11.6 Å². The van der Waals surface area contributed by atoms with Crippen LogP contribution in [0.2, 0.25) is 5.02 Å². The molecule has 0 saturated carbocycles. The van der Waals surface area contributed by atoms with Crippen molar-refractivity contribution in [3.05, 3.63) is 69.2 Å². The lowest BCUT2D eigenvalue weighted by molar-refractivity contribution is -0.384. The fraction of sp³-hybridized carbons (Fsp3) is 0.188. The maximum absolute atomic E-state index is 13.5. The van der Waals surface area contributed by atoms with Crippen molar-refractivity contribution >= 4 is 28.7 Å². The maximum Gasteiger partial charge on any atom is 0.438 e. The molecule has 10 heteroatoms. The summed E-state index contributed by atoms with van der Waals surface area (Å²) in [5, 5.41) is 25.8. The summed E-state index contributed by atoms with van der Waals surface area (Å²) in [6.07, 6.45) is -5.80. The molecule has 1 heterocycles. The van der Waals surface area contributed by atoms with E-state index in [1.54, 1.807) is 0 Å². The molecular weight excluding hydrogens is 375 g/mol. The number of alkyl halides is 3. The Kier molecular flexibility index (Phi) is 4.37. The van der Waals surface area contributed by atoms with Gasteiger partial charge in [-0.2, -0.15) is 18.3 Å². The average molecular weight is 386 g/mol. The van der Waals surface area contributed by atoms with Gasteiger partial charge in [0.25, 0.3) is 11.4 Å². The lowest BCUT2D eigenvalue weighted by Gasteiger charge is -2.33. The number of nitro benzene ring substituents is 1. The van der Waals surface area contributed by atoms with E-state index in [4.69, 9.17) is 11.6 Å². The molecule has 3 rings (SSSR count). The van der Waals surface area contributed by atoms with Gasteiger partial charge in [-0.3, -0.25) is 10.1 Å². The molecule has 6 nitrogen and oxygen atoms in total. The number of non-ortho nitro benzene ring substituents is 1. The van der Waals surface area contributed by atoms with Crippen LogP contribution in [0.1, 0.15) is 12.0 Å². The molecule has 136 valence electrons. The van der Waals surface area contributed by atoms with E-state index in [1.807, 2.05) is 0 Å². The van der Waals surface area contributed by atoms with Crippen molar-refractivity contribution in [2.24, 2.45) is 5.10 Å². The van der Waals surface area contributed by atoms with Crippen molar-refractivity contribution in [2.45, 2.75) is 18.3 Å². The summed E-state index contributed by atoms with van der Waals surface area (Å²) in [6, 6.07) is 10.3. The van der Waals surface area contributed by atoms with E-state index in [1.165, 1.54) is 24.3 Å². The van der Waals surface area contributed by atoms with Gasteiger partial charge in [0.1, 0.15) is 0 Å². The topological polar surface area (TPSA) is 79.0 Å². The second-order valence-corrected chi connectivity index (χ2v) is 6.07. The third kappa shape index (κ3) is 3.11. The monoisotopic (exact) mass is 385 g/mol. The lowest BCUT2D eigenvalue weighted by atomic mass is 10.0. The maximum atomic E-state index is 13.5. The standard InChI is InChI=1S/C16H11ClF3N3O3/c17-11-3-1-10(2-4-11)14-9-15(24,16(18,19)20)22(21-14)12-5-7-13(8-6-12)23(25)26/h1-8,24H,9H2. The normalized spacial score (nSPS) is 20.2. The Labute approximate surface area is 150 Å². The first-order valence-corrected chi connectivity index (χ1v) is 7.67. The first-order valence-electron chi connectivity index (χ1n) is 7.29. The number of aliphatic hydroxyl groups is 1. The zero-order valence-corrected chi connectivity index (χ0v) is 13.7. The number of hydrogen-bond acceptors (Lipinski definition) is 5. The molecule has 1 atom stereocenters. The minimum Gasteiger partial charge on any atom is -0.362 e. The van der Waals surface area contributed by atoms with Crippen LogP contribution in [0.4, 0.5) is 24.5 Å². The van der Waals surface area contributed by atoms with Gasteiger partial charge in [0.05, 0.1) is 22.7 Å². The minimum atomic E-state index is -5.01. The van der Waals surface area contributed by atoms with Gasteiger partial charge in [0, 0.05) is 17.2 Å². The average Bonchev–Trinajstić information content (AvgIpc) is 2.94. The van der Waals surface area contributed by atoms with E-state index in [-0.39, 0.29) is 17.1 Å². The molecule has 26 heavy (non-hydrogen) atoms. The fourth-order valence-corrected chi connectivity index (χ4v) is 2.68. The van der Waals surface area contributed by atoms with Crippen molar-refractivity contribution in [3.8, 4) is 0 Å². The number of rotatable bonds is 3. The quantitative estimate of drug-likeness (QED) is 0.637. The summed E-state index contributed by atoms with van der Waals surface area (Å²) in [5.41, 5.74) is -3.29. The van der Waals surface area contributed by atoms with E-state index in [0.717, 1.165) is 24.3 Å². The van der Waals surface area contributed by atoms with Gasteiger partial charge in [-0.15, -0.1) is 0 Å². The Morgan fingerprint density at radius 2 is 1.73 bits per heavy atom. The minimum absolute atomic E-state index is 0.0137. The number of hydrogen-bond donors (Lipinski definition) is 1. The number of benzene rings is 2. The van der Waals surface area contributed by atoms with Crippen LogP contribution < -0.4 is 5.01 Å². The number of hydrazone groups is 1. The predicted molar refractivity (Wildman–Crippen MR) is 89.2 cm³/mol. The Bertz CT molecular complexity index is 869. The zero-order valence-electron chi connectivity index (χ0n) is 12.9. The Balaban J connectivity index is 2.05. The molecule has 0 saturated heterocycles. The molecule has 0 aliphatic carbocycles.